The van der Waals surface area contributed by atoms with E-state index in [-0.39, 0.29) is 22.4 Å². The van der Waals surface area contributed by atoms with Gasteiger partial charge in [0, 0.05) is 12.6 Å². The van der Waals surface area contributed by atoms with Gasteiger partial charge < -0.3 is 10.8 Å². The molecule has 1 aromatic carbocycles. The number of anilines is 1. The number of aromatic hydroxyl groups is 1. The molecule has 7 heteroatoms. The predicted molar refractivity (Wildman–Crippen MR) is 82.6 cm³/mol. The van der Waals surface area contributed by atoms with Crippen LogP contribution in [-0.2, 0) is 10.0 Å². The number of piperidine rings is 1. The summed E-state index contributed by atoms with van der Waals surface area (Å²) in [5, 5.41) is 9.35. The maximum Gasteiger partial charge on any atom is 0.240 e. The second-order valence-electron chi connectivity index (χ2n) is 5.52. The molecule has 1 unspecified atom stereocenters. The van der Waals surface area contributed by atoms with Crippen molar-refractivity contribution in [1.29, 1.82) is 0 Å². The van der Waals surface area contributed by atoms with Crippen molar-refractivity contribution in [2.75, 3.05) is 25.4 Å². The number of phenols is 1. The quantitative estimate of drug-likeness (QED) is 0.559. The van der Waals surface area contributed by atoms with Gasteiger partial charge in [0.1, 0.15) is 5.75 Å². The maximum atomic E-state index is 12.2. The van der Waals surface area contributed by atoms with Gasteiger partial charge >= 0.3 is 0 Å². The summed E-state index contributed by atoms with van der Waals surface area (Å²) < 4.78 is 27.0. The van der Waals surface area contributed by atoms with Crippen molar-refractivity contribution in [1.82, 2.24) is 9.62 Å². The monoisotopic (exact) mass is 313 g/mol. The fraction of sp³-hybridized carbons (Fsp3) is 0.571. The van der Waals surface area contributed by atoms with Crippen molar-refractivity contribution < 1.29 is 13.5 Å². The number of sulfonamides is 1. The van der Waals surface area contributed by atoms with Gasteiger partial charge in [0.05, 0.1) is 10.6 Å². The van der Waals surface area contributed by atoms with Crippen molar-refractivity contribution in [2.45, 2.75) is 37.1 Å². The second-order valence-corrected chi connectivity index (χ2v) is 7.29. The number of hydrogen-bond acceptors (Lipinski definition) is 5. The molecule has 1 aliphatic rings. The molecule has 4 N–H and O–H groups in total. The Bertz CT molecular complexity index is 583. The molecule has 1 aromatic rings. The molecular formula is C14H23N3O3S. The summed E-state index contributed by atoms with van der Waals surface area (Å²) in [6.45, 7) is 4.44. The summed E-state index contributed by atoms with van der Waals surface area (Å²) in [6, 6.07) is 4.07. The molecule has 0 aliphatic carbocycles. The van der Waals surface area contributed by atoms with Crippen molar-refractivity contribution in [3.8, 4) is 5.75 Å². The fourth-order valence-electron chi connectivity index (χ4n) is 2.50. The molecule has 1 saturated heterocycles. The Morgan fingerprint density at radius 3 is 2.62 bits per heavy atom. The zero-order valence-corrected chi connectivity index (χ0v) is 13.1. The van der Waals surface area contributed by atoms with E-state index in [2.05, 4.69) is 9.62 Å². The first-order chi connectivity index (χ1) is 9.90. The SMILES string of the molecule is CC(CNS(=O)(=O)c1ccc(O)c(N)c1)N1CCCCC1. The zero-order chi connectivity index (χ0) is 15.5. The molecule has 1 atom stereocenters. The lowest BCUT2D eigenvalue weighted by Crippen LogP contribution is -2.44. The van der Waals surface area contributed by atoms with Gasteiger partial charge in [-0.2, -0.15) is 0 Å². The first-order valence-corrected chi connectivity index (χ1v) is 8.70. The maximum absolute atomic E-state index is 12.2. The third kappa shape index (κ3) is 4.09. The van der Waals surface area contributed by atoms with Crippen LogP contribution in [0.5, 0.6) is 5.75 Å². The minimum atomic E-state index is -3.60. The van der Waals surface area contributed by atoms with Crippen LogP contribution in [0, 0.1) is 0 Å². The number of likely N-dealkylation sites (tertiary alicyclic amines) is 1. The molecule has 0 saturated carbocycles. The average molecular weight is 313 g/mol. The van der Waals surface area contributed by atoms with Crippen molar-refractivity contribution >= 4 is 15.7 Å². The van der Waals surface area contributed by atoms with Gasteiger partial charge in [-0.25, -0.2) is 13.1 Å². The first kappa shape index (κ1) is 16.1. The van der Waals surface area contributed by atoms with E-state index in [0.29, 0.717) is 6.54 Å². The number of phenolic OH excluding ortho intramolecular Hbond substituents is 1. The third-order valence-electron chi connectivity index (χ3n) is 3.89. The number of benzene rings is 1. The highest BCUT2D eigenvalue weighted by molar-refractivity contribution is 7.89. The topological polar surface area (TPSA) is 95.7 Å². The van der Waals surface area contributed by atoms with Crippen molar-refractivity contribution in [2.24, 2.45) is 0 Å². The zero-order valence-electron chi connectivity index (χ0n) is 12.2. The number of nitrogens with one attached hydrogen (secondary N) is 1. The minimum absolute atomic E-state index is 0.0574. The molecule has 0 spiro atoms. The average Bonchev–Trinajstić information content (AvgIpc) is 2.48. The van der Waals surface area contributed by atoms with Crippen LogP contribution in [0.1, 0.15) is 26.2 Å². The van der Waals surface area contributed by atoms with E-state index in [1.54, 1.807) is 0 Å². The number of rotatable bonds is 5. The van der Waals surface area contributed by atoms with Crippen molar-refractivity contribution in [3.05, 3.63) is 18.2 Å². The highest BCUT2D eigenvalue weighted by Gasteiger charge is 2.20. The Balaban J connectivity index is 1.98. The van der Waals surface area contributed by atoms with Crippen LogP contribution in [0.25, 0.3) is 0 Å². The molecule has 1 fully saturated rings. The van der Waals surface area contributed by atoms with Crippen molar-refractivity contribution in [3.63, 3.8) is 0 Å². The lowest BCUT2D eigenvalue weighted by molar-refractivity contribution is 0.175. The van der Waals surface area contributed by atoms with E-state index in [1.165, 1.54) is 37.5 Å². The summed E-state index contributed by atoms with van der Waals surface area (Å²) in [6.07, 6.45) is 3.60. The molecule has 0 amide bonds. The smallest absolute Gasteiger partial charge is 0.240 e. The van der Waals surface area contributed by atoms with E-state index >= 15 is 0 Å². The van der Waals surface area contributed by atoms with Gasteiger partial charge in [0.2, 0.25) is 10.0 Å². The highest BCUT2D eigenvalue weighted by Crippen LogP contribution is 2.23. The summed E-state index contributed by atoms with van der Waals surface area (Å²) in [4.78, 5) is 2.38. The summed E-state index contributed by atoms with van der Waals surface area (Å²) in [5.74, 6) is -0.115. The van der Waals surface area contributed by atoms with Crippen LogP contribution in [0.15, 0.2) is 23.1 Å². The van der Waals surface area contributed by atoms with Gasteiger partial charge in [-0.3, -0.25) is 4.90 Å². The molecule has 21 heavy (non-hydrogen) atoms. The molecule has 1 heterocycles. The van der Waals surface area contributed by atoms with E-state index in [1.807, 2.05) is 6.92 Å². The minimum Gasteiger partial charge on any atom is -0.506 e. The molecule has 118 valence electrons. The van der Waals surface area contributed by atoms with Crippen LogP contribution < -0.4 is 10.5 Å². The predicted octanol–water partition coefficient (Wildman–Crippen LogP) is 1.13. The van der Waals surface area contributed by atoms with E-state index < -0.39 is 10.0 Å². The van der Waals surface area contributed by atoms with Gasteiger partial charge in [0.25, 0.3) is 0 Å². The molecule has 0 bridgehead atoms. The lowest BCUT2D eigenvalue weighted by Gasteiger charge is -2.32. The largest absolute Gasteiger partial charge is 0.506 e. The van der Waals surface area contributed by atoms with Gasteiger partial charge in [-0.05, 0) is 51.1 Å². The Labute approximate surface area is 126 Å². The molecule has 0 radical (unpaired) electrons. The summed E-state index contributed by atoms with van der Waals surface area (Å²) in [5.41, 5.74) is 5.60. The second kappa shape index (κ2) is 6.64. The van der Waals surface area contributed by atoms with Crippen LogP contribution in [0.3, 0.4) is 0 Å². The van der Waals surface area contributed by atoms with Gasteiger partial charge in [-0.15, -0.1) is 0 Å². The molecular weight excluding hydrogens is 290 g/mol. The van der Waals surface area contributed by atoms with E-state index in [0.717, 1.165) is 13.1 Å². The fourth-order valence-corrected chi connectivity index (χ4v) is 3.66. The number of nitrogens with zero attached hydrogens (tertiary/aromatic N) is 1. The Hall–Kier alpha value is -1.31. The van der Waals surface area contributed by atoms with Crippen LogP contribution in [0.4, 0.5) is 5.69 Å². The van der Waals surface area contributed by atoms with Crippen LogP contribution >= 0.6 is 0 Å². The Morgan fingerprint density at radius 1 is 1.33 bits per heavy atom. The third-order valence-corrected chi connectivity index (χ3v) is 5.31. The number of nitrogen functional groups attached to an aromatic ring is 1. The standard InChI is InChI=1S/C14H23N3O3S/c1-11(17-7-3-2-4-8-17)10-16-21(19,20)12-5-6-14(18)13(15)9-12/h5-6,9,11,16,18H,2-4,7-8,10,15H2,1H3. The Morgan fingerprint density at radius 2 is 2.00 bits per heavy atom. The van der Waals surface area contributed by atoms with Crippen LogP contribution in [-0.4, -0.2) is 44.1 Å². The molecule has 2 rings (SSSR count). The molecule has 0 aromatic heterocycles. The summed E-state index contributed by atoms with van der Waals surface area (Å²) in [7, 11) is -3.60. The number of hydrogen-bond donors (Lipinski definition) is 3. The Kier molecular flexibility index (Phi) is 5.08. The summed E-state index contributed by atoms with van der Waals surface area (Å²) >= 11 is 0. The van der Waals surface area contributed by atoms with Gasteiger partial charge in [0.15, 0.2) is 0 Å². The number of nitrogens with two attached hydrogens (primary N) is 1. The van der Waals surface area contributed by atoms with E-state index in [4.69, 9.17) is 5.73 Å². The van der Waals surface area contributed by atoms with Crippen LogP contribution in [0.2, 0.25) is 0 Å². The lowest BCUT2D eigenvalue weighted by atomic mass is 10.1. The highest BCUT2D eigenvalue weighted by atomic mass is 32.2. The molecule has 6 nitrogen and oxygen atoms in total. The molecule has 1 aliphatic heterocycles. The van der Waals surface area contributed by atoms with Gasteiger partial charge in [-0.1, -0.05) is 6.42 Å². The normalized spacial score (nSPS) is 18.5. The first-order valence-electron chi connectivity index (χ1n) is 7.22. The van der Waals surface area contributed by atoms with E-state index in [9.17, 15) is 13.5 Å².